The maximum atomic E-state index is 12.4. The van der Waals surface area contributed by atoms with Crippen molar-refractivity contribution in [2.75, 3.05) is 6.54 Å². The minimum Gasteiger partial charge on any atom is -0.435 e. The highest BCUT2D eigenvalue weighted by molar-refractivity contribution is 7.17. The summed E-state index contributed by atoms with van der Waals surface area (Å²) >= 11 is 1.39. The monoisotopic (exact) mass is 402 g/mol. The number of hydrogen-bond acceptors (Lipinski definition) is 4. The Morgan fingerprint density at radius 1 is 1.27 bits per heavy atom. The molecule has 1 aromatic carbocycles. The van der Waals surface area contributed by atoms with E-state index in [-0.39, 0.29) is 30.1 Å². The van der Waals surface area contributed by atoms with Crippen LogP contribution in [-0.2, 0) is 0 Å². The molecule has 0 radical (unpaired) electrons. The minimum absolute atomic E-state index is 0. The Bertz CT molecular complexity index is 724. The molecule has 1 amide bonds. The molecule has 2 atom stereocenters. The average Bonchev–Trinajstić information content (AvgIpc) is 3.05. The van der Waals surface area contributed by atoms with E-state index in [1.165, 1.54) is 23.5 Å². The summed E-state index contributed by atoms with van der Waals surface area (Å²) in [6, 6.07) is 10.7. The summed E-state index contributed by atoms with van der Waals surface area (Å²) < 4.78 is 28.7. The Kier molecular flexibility index (Phi) is 7.37. The molecule has 142 valence electrons. The number of benzene rings is 1. The fraction of sp³-hybridized carbons (Fsp3) is 0.389. The zero-order valence-electron chi connectivity index (χ0n) is 14.2. The third kappa shape index (κ3) is 5.40. The topological polar surface area (TPSA) is 50.4 Å². The van der Waals surface area contributed by atoms with Crippen molar-refractivity contribution in [2.45, 2.75) is 38.5 Å². The average molecular weight is 403 g/mol. The molecule has 0 aliphatic carbocycles. The second kappa shape index (κ2) is 9.30. The molecule has 3 rings (SSSR count). The normalized spacial score (nSPS) is 19.7. The largest absolute Gasteiger partial charge is 0.435 e. The van der Waals surface area contributed by atoms with Crippen molar-refractivity contribution in [3.63, 3.8) is 0 Å². The van der Waals surface area contributed by atoms with Crippen LogP contribution >= 0.6 is 23.7 Å². The van der Waals surface area contributed by atoms with Gasteiger partial charge in [0.2, 0.25) is 0 Å². The summed E-state index contributed by atoms with van der Waals surface area (Å²) in [5.41, 5.74) is 0.862. The molecule has 1 aliphatic rings. The Balaban J connectivity index is 0.00000243. The van der Waals surface area contributed by atoms with E-state index in [0.29, 0.717) is 10.9 Å². The molecule has 1 aliphatic heterocycles. The van der Waals surface area contributed by atoms with Gasteiger partial charge in [0.25, 0.3) is 5.91 Å². The van der Waals surface area contributed by atoms with E-state index in [4.69, 9.17) is 0 Å². The molecule has 8 heteroatoms. The van der Waals surface area contributed by atoms with Crippen molar-refractivity contribution in [3.05, 3.63) is 41.3 Å². The number of amides is 1. The van der Waals surface area contributed by atoms with Crippen LogP contribution < -0.4 is 15.4 Å². The first-order chi connectivity index (χ1) is 12.0. The minimum atomic E-state index is -2.83. The first-order valence-electron chi connectivity index (χ1n) is 8.20. The van der Waals surface area contributed by atoms with Gasteiger partial charge in [-0.1, -0.05) is 0 Å². The van der Waals surface area contributed by atoms with Crippen molar-refractivity contribution in [3.8, 4) is 16.2 Å². The van der Waals surface area contributed by atoms with Crippen molar-refractivity contribution < 1.29 is 18.3 Å². The fourth-order valence-corrected chi connectivity index (χ4v) is 3.85. The van der Waals surface area contributed by atoms with Crippen LogP contribution in [0.25, 0.3) is 10.4 Å². The highest BCUT2D eigenvalue weighted by atomic mass is 35.5. The molecule has 2 unspecified atom stereocenters. The van der Waals surface area contributed by atoms with Gasteiger partial charge in [0.15, 0.2) is 0 Å². The second-order valence-corrected chi connectivity index (χ2v) is 7.20. The highest BCUT2D eigenvalue weighted by Gasteiger charge is 2.21. The predicted octanol–water partition coefficient (Wildman–Crippen LogP) is 4.31. The number of carbonyl (C=O) groups is 1. The zero-order chi connectivity index (χ0) is 17.8. The van der Waals surface area contributed by atoms with Gasteiger partial charge < -0.3 is 15.4 Å². The van der Waals surface area contributed by atoms with Gasteiger partial charge in [-0.2, -0.15) is 8.78 Å². The summed E-state index contributed by atoms with van der Waals surface area (Å²) in [5, 5.41) is 6.45. The Labute approximate surface area is 161 Å². The number of hydrogen-bond donors (Lipinski definition) is 2. The lowest BCUT2D eigenvalue weighted by Gasteiger charge is -2.28. The van der Waals surface area contributed by atoms with Crippen LogP contribution in [0, 0.1) is 0 Å². The third-order valence-corrected chi connectivity index (χ3v) is 5.29. The second-order valence-electron chi connectivity index (χ2n) is 6.12. The van der Waals surface area contributed by atoms with E-state index in [0.717, 1.165) is 29.8 Å². The molecule has 1 fully saturated rings. The number of thiophene rings is 1. The van der Waals surface area contributed by atoms with Crippen LogP contribution in [0.15, 0.2) is 36.4 Å². The van der Waals surface area contributed by atoms with E-state index >= 15 is 0 Å². The van der Waals surface area contributed by atoms with Crippen LogP contribution in [0.2, 0.25) is 0 Å². The molecule has 1 aromatic heterocycles. The van der Waals surface area contributed by atoms with Crippen molar-refractivity contribution in [1.29, 1.82) is 0 Å². The lowest BCUT2D eigenvalue weighted by Crippen LogP contribution is -2.46. The highest BCUT2D eigenvalue weighted by Crippen LogP contribution is 2.30. The number of carbonyl (C=O) groups excluding carboxylic acids is 1. The molecule has 0 bridgehead atoms. The van der Waals surface area contributed by atoms with Gasteiger partial charge in [0, 0.05) is 17.0 Å². The smallest absolute Gasteiger partial charge is 0.387 e. The Morgan fingerprint density at radius 3 is 2.65 bits per heavy atom. The first kappa shape index (κ1) is 20.6. The van der Waals surface area contributed by atoms with Crippen LogP contribution in [-0.4, -0.2) is 31.1 Å². The third-order valence-electron chi connectivity index (χ3n) is 4.15. The van der Waals surface area contributed by atoms with Gasteiger partial charge in [-0.25, -0.2) is 0 Å². The van der Waals surface area contributed by atoms with Crippen LogP contribution in [0.3, 0.4) is 0 Å². The van der Waals surface area contributed by atoms with Crippen LogP contribution in [0.1, 0.15) is 29.4 Å². The molecule has 2 heterocycles. The van der Waals surface area contributed by atoms with Crippen LogP contribution in [0.4, 0.5) is 8.78 Å². The van der Waals surface area contributed by atoms with Gasteiger partial charge >= 0.3 is 6.61 Å². The lowest BCUT2D eigenvalue weighted by molar-refractivity contribution is -0.0498. The molecule has 1 saturated heterocycles. The van der Waals surface area contributed by atoms with E-state index in [9.17, 15) is 13.6 Å². The van der Waals surface area contributed by atoms with Crippen molar-refractivity contribution in [1.82, 2.24) is 10.6 Å². The van der Waals surface area contributed by atoms with Gasteiger partial charge in [-0.3, -0.25) is 4.79 Å². The van der Waals surface area contributed by atoms with E-state index in [1.54, 1.807) is 18.2 Å². The molecular weight excluding hydrogens is 382 g/mol. The maximum Gasteiger partial charge on any atom is 0.387 e. The summed E-state index contributed by atoms with van der Waals surface area (Å²) in [7, 11) is 0. The Morgan fingerprint density at radius 2 is 2.00 bits per heavy atom. The first-order valence-corrected chi connectivity index (χ1v) is 9.02. The van der Waals surface area contributed by atoms with Crippen molar-refractivity contribution >= 4 is 29.7 Å². The van der Waals surface area contributed by atoms with E-state index < -0.39 is 6.61 Å². The predicted molar refractivity (Wildman–Crippen MR) is 102 cm³/mol. The molecule has 0 spiro atoms. The molecule has 2 aromatic rings. The summed E-state index contributed by atoms with van der Waals surface area (Å²) in [6.07, 6.45) is 1.86. The maximum absolute atomic E-state index is 12.4. The van der Waals surface area contributed by atoms with Crippen LogP contribution in [0.5, 0.6) is 5.75 Å². The van der Waals surface area contributed by atoms with Gasteiger partial charge in [-0.15, -0.1) is 23.7 Å². The quantitative estimate of drug-likeness (QED) is 0.783. The number of nitrogens with one attached hydrogen (secondary N) is 2. The van der Waals surface area contributed by atoms with E-state index in [1.807, 2.05) is 6.07 Å². The molecule has 0 saturated carbocycles. The number of halogens is 3. The summed E-state index contributed by atoms with van der Waals surface area (Å²) in [4.78, 5) is 14.0. The van der Waals surface area contributed by atoms with Gasteiger partial charge in [-0.05, 0) is 68.3 Å². The number of piperidine rings is 1. The lowest BCUT2D eigenvalue weighted by atomic mass is 10.0. The van der Waals surface area contributed by atoms with Gasteiger partial charge in [0.1, 0.15) is 5.75 Å². The SMILES string of the molecule is CC1CC(NC(=O)c2ccc(-c3ccc(OC(F)F)cc3)s2)CCN1.Cl. The molecule has 4 nitrogen and oxygen atoms in total. The number of ether oxygens (including phenoxy) is 1. The Hall–Kier alpha value is -1.70. The molecule has 26 heavy (non-hydrogen) atoms. The molecular formula is C18H21ClF2N2O2S. The van der Waals surface area contributed by atoms with Crippen molar-refractivity contribution in [2.24, 2.45) is 0 Å². The van der Waals surface area contributed by atoms with E-state index in [2.05, 4.69) is 22.3 Å². The summed E-state index contributed by atoms with van der Waals surface area (Å²) in [5.74, 6) is 0.0568. The fourth-order valence-electron chi connectivity index (χ4n) is 2.94. The zero-order valence-corrected chi connectivity index (χ0v) is 15.8. The number of alkyl halides is 2. The standard InChI is InChI=1S/C18H20F2N2O2S.ClH/c1-11-10-13(8-9-21-11)22-17(23)16-7-6-15(25-16)12-2-4-14(5-3-12)24-18(19)20;/h2-7,11,13,18,21H,8-10H2,1H3,(H,22,23);1H. The number of rotatable bonds is 5. The van der Waals surface area contributed by atoms with Gasteiger partial charge in [0.05, 0.1) is 4.88 Å². The molecule has 2 N–H and O–H groups in total. The summed E-state index contributed by atoms with van der Waals surface area (Å²) in [6.45, 7) is 0.193.